The summed E-state index contributed by atoms with van der Waals surface area (Å²) in [7, 11) is 0. The van der Waals surface area contributed by atoms with E-state index in [1.807, 2.05) is 30.5 Å². The van der Waals surface area contributed by atoms with Crippen molar-refractivity contribution in [3.63, 3.8) is 0 Å². The number of aryl methyl sites for hydroxylation is 1. The molecule has 0 bridgehead atoms. The Bertz CT molecular complexity index is 992. The molecule has 11 heteroatoms. The molecular formula is C18H19ClN6O2S2. The van der Waals surface area contributed by atoms with Crippen LogP contribution in [-0.4, -0.2) is 36.6 Å². The first-order valence-corrected chi connectivity index (χ1v) is 10.9. The average molecular weight is 451 g/mol. The predicted octanol–water partition coefficient (Wildman–Crippen LogP) is 4.15. The van der Waals surface area contributed by atoms with Gasteiger partial charge in [0.05, 0.1) is 5.75 Å². The normalized spacial score (nSPS) is 11.8. The fourth-order valence-electron chi connectivity index (χ4n) is 2.47. The van der Waals surface area contributed by atoms with Gasteiger partial charge in [-0.3, -0.25) is 14.7 Å². The van der Waals surface area contributed by atoms with Gasteiger partial charge in [0, 0.05) is 11.6 Å². The van der Waals surface area contributed by atoms with Crippen LogP contribution in [0, 0.1) is 6.92 Å². The standard InChI is InChI=1S/C18H19ClN6O2S2/c1-4-7-25-16(12(3)27-13-5-6-14(19)11(2)8-13)22-24-18(25)28-9-15(26)21-17-23-20-10-29-17/h4-6,8,10,12H,1,7,9H2,2-3H3,(H,21,23,26). The first-order valence-electron chi connectivity index (χ1n) is 8.63. The first-order chi connectivity index (χ1) is 14.0. The number of nitrogens with one attached hydrogen (secondary N) is 1. The first kappa shape index (κ1) is 21.3. The van der Waals surface area contributed by atoms with Gasteiger partial charge in [-0.05, 0) is 37.6 Å². The molecule has 2 heterocycles. The van der Waals surface area contributed by atoms with Gasteiger partial charge in [0.2, 0.25) is 11.0 Å². The van der Waals surface area contributed by atoms with Gasteiger partial charge in [-0.25, -0.2) is 0 Å². The number of carbonyl (C=O) groups excluding carboxylic acids is 1. The van der Waals surface area contributed by atoms with E-state index < -0.39 is 0 Å². The van der Waals surface area contributed by atoms with E-state index in [4.69, 9.17) is 16.3 Å². The van der Waals surface area contributed by atoms with Crippen LogP contribution >= 0.6 is 34.7 Å². The number of hydrogen-bond donors (Lipinski definition) is 1. The van der Waals surface area contributed by atoms with E-state index in [2.05, 4.69) is 32.3 Å². The second-order valence-electron chi connectivity index (χ2n) is 5.99. The van der Waals surface area contributed by atoms with E-state index in [-0.39, 0.29) is 17.8 Å². The van der Waals surface area contributed by atoms with Gasteiger partial charge in [0.25, 0.3) is 0 Å². The SMILES string of the molecule is C=CCn1c(SCC(=O)Nc2nncs2)nnc1C(C)Oc1ccc(Cl)c(C)c1. The van der Waals surface area contributed by atoms with Crippen LogP contribution in [0.4, 0.5) is 5.13 Å². The molecule has 0 spiro atoms. The highest BCUT2D eigenvalue weighted by atomic mass is 35.5. The molecule has 2 aromatic heterocycles. The maximum atomic E-state index is 12.1. The summed E-state index contributed by atoms with van der Waals surface area (Å²) in [5.41, 5.74) is 2.49. The molecule has 1 N–H and O–H groups in total. The van der Waals surface area contributed by atoms with Crippen molar-refractivity contribution in [3.05, 3.63) is 52.8 Å². The van der Waals surface area contributed by atoms with Crippen molar-refractivity contribution in [3.8, 4) is 5.75 Å². The van der Waals surface area contributed by atoms with Crippen LogP contribution in [0.5, 0.6) is 5.75 Å². The molecule has 0 aliphatic carbocycles. The smallest absolute Gasteiger partial charge is 0.236 e. The molecule has 3 aromatic rings. The molecule has 0 saturated carbocycles. The molecule has 1 atom stereocenters. The zero-order valence-electron chi connectivity index (χ0n) is 15.8. The zero-order chi connectivity index (χ0) is 20.8. The minimum Gasteiger partial charge on any atom is -0.483 e. The molecule has 1 amide bonds. The highest BCUT2D eigenvalue weighted by Crippen LogP contribution is 2.27. The van der Waals surface area contributed by atoms with Crippen LogP contribution in [0.1, 0.15) is 24.4 Å². The van der Waals surface area contributed by atoms with Crippen LogP contribution < -0.4 is 10.1 Å². The van der Waals surface area contributed by atoms with Crippen molar-refractivity contribution in [1.82, 2.24) is 25.0 Å². The lowest BCUT2D eigenvalue weighted by molar-refractivity contribution is -0.113. The van der Waals surface area contributed by atoms with E-state index in [1.54, 1.807) is 17.7 Å². The number of carbonyl (C=O) groups is 1. The van der Waals surface area contributed by atoms with Crippen LogP contribution in [0.15, 0.2) is 41.5 Å². The van der Waals surface area contributed by atoms with Crippen molar-refractivity contribution in [2.75, 3.05) is 11.1 Å². The molecule has 8 nitrogen and oxygen atoms in total. The number of ether oxygens (including phenoxy) is 1. The summed E-state index contributed by atoms with van der Waals surface area (Å²) >= 11 is 8.61. The molecule has 29 heavy (non-hydrogen) atoms. The summed E-state index contributed by atoms with van der Waals surface area (Å²) in [5, 5.41) is 20.4. The minimum absolute atomic E-state index is 0.167. The van der Waals surface area contributed by atoms with Gasteiger partial charge in [-0.15, -0.1) is 27.0 Å². The number of aromatic nitrogens is 5. The molecule has 152 valence electrons. The largest absolute Gasteiger partial charge is 0.483 e. The molecule has 1 unspecified atom stereocenters. The van der Waals surface area contributed by atoms with Crippen LogP contribution in [0.2, 0.25) is 5.02 Å². The summed E-state index contributed by atoms with van der Waals surface area (Å²) in [6.45, 7) is 8.10. The maximum Gasteiger partial charge on any atom is 0.236 e. The third-order valence-electron chi connectivity index (χ3n) is 3.80. The number of halogens is 1. The Labute approximate surface area is 181 Å². The lowest BCUT2D eigenvalue weighted by Crippen LogP contribution is -2.15. The number of benzene rings is 1. The number of amides is 1. The van der Waals surface area contributed by atoms with E-state index >= 15 is 0 Å². The summed E-state index contributed by atoms with van der Waals surface area (Å²) in [6.07, 6.45) is 1.39. The maximum absolute atomic E-state index is 12.1. The number of hydrogen-bond acceptors (Lipinski definition) is 8. The second-order valence-corrected chi connectivity index (χ2v) is 8.17. The van der Waals surface area contributed by atoms with Gasteiger partial charge >= 0.3 is 0 Å². The van der Waals surface area contributed by atoms with Gasteiger partial charge in [0.15, 0.2) is 17.1 Å². The number of thioether (sulfide) groups is 1. The lowest BCUT2D eigenvalue weighted by atomic mass is 10.2. The van der Waals surface area contributed by atoms with Crippen molar-refractivity contribution in [2.45, 2.75) is 31.7 Å². The molecule has 0 aliphatic rings. The number of allylic oxidation sites excluding steroid dienone is 1. The van der Waals surface area contributed by atoms with Crippen molar-refractivity contribution in [1.29, 1.82) is 0 Å². The van der Waals surface area contributed by atoms with Crippen LogP contribution in [0.3, 0.4) is 0 Å². The molecule has 0 radical (unpaired) electrons. The second kappa shape index (κ2) is 9.86. The lowest BCUT2D eigenvalue weighted by Gasteiger charge is -2.16. The van der Waals surface area contributed by atoms with Crippen molar-refractivity contribution in [2.24, 2.45) is 0 Å². The Morgan fingerprint density at radius 1 is 1.45 bits per heavy atom. The topological polar surface area (TPSA) is 94.8 Å². The Kier molecular flexibility index (Phi) is 7.24. The molecular weight excluding hydrogens is 432 g/mol. The van der Waals surface area contributed by atoms with Crippen molar-refractivity contribution >= 4 is 45.7 Å². The van der Waals surface area contributed by atoms with E-state index in [1.165, 1.54) is 23.1 Å². The van der Waals surface area contributed by atoms with E-state index in [0.29, 0.717) is 33.4 Å². The fraction of sp³-hybridized carbons (Fsp3) is 0.278. The van der Waals surface area contributed by atoms with Crippen LogP contribution in [0.25, 0.3) is 0 Å². The Balaban J connectivity index is 1.69. The summed E-state index contributed by atoms with van der Waals surface area (Å²) in [5.74, 6) is 1.31. The molecule has 3 rings (SSSR count). The quantitative estimate of drug-likeness (QED) is 0.386. The Morgan fingerprint density at radius 3 is 2.97 bits per heavy atom. The van der Waals surface area contributed by atoms with Gasteiger partial charge < -0.3 is 4.74 Å². The fourth-order valence-corrected chi connectivity index (χ4v) is 3.80. The molecule has 0 saturated heterocycles. The summed E-state index contributed by atoms with van der Waals surface area (Å²) in [6, 6.07) is 5.49. The third kappa shape index (κ3) is 5.55. The summed E-state index contributed by atoms with van der Waals surface area (Å²) < 4.78 is 7.89. The Morgan fingerprint density at radius 2 is 2.28 bits per heavy atom. The number of anilines is 1. The number of rotatable bonds is 9. The highest BCUT2D eigenvalue weighted by Gasteiger charge is 2.20. The molecule has 0 fully saturated rings. The monoisotopic (exact) mass is 450 g/mol. The average Bonchev–Trinajstić information content (AvgIpc) is 3.33. The van der Waals surface area contributed by atoms with Crippen molar-refractivity contribution < 1.29 is 9.53 Å². The van der Waals surface area contributed by atoms with Crippen LogP contribution in [-0.2, 0) is 11.3 Å². The van der Waals surface area contributed by atoms with E-state index in [0.717, 1.165) is 5.56 Å². The highest BCUT2D eigenvalue weighted by molar-refractivity contribution is 7.99. The minimum atomic E-state index is -0.354. The van der Waals surface area contributed by atoms with Gasteiger partial charge in [-0.2, -0.15) is 0 Å². The third-order valence-corrected chi connectivity index (χ3v) is 5.80. The number of nitrogens with zero attached hydrogens (tertiary/aromatic N) is 5. The van der Waals surface area contributed by atoms with E-state index in [9.17, 15) is 4.79 Å². The molecule has 1 aromatic carbocycles. The summed E-state index contributed by atoms with van der Waals surface area (Å²) in [4.78, 5) is 12.1. The molecule has 0 aliphatic heterocycles. The Hall–Kier alpha value is -2.43. The van der Waals surface area contributed by atoms with Gasteiger partial charge in [-0.1, -0.05) is 40.8 Å². The van der Waals surface area contributed by atoms with Gasteiger partial charge in [0.1, 0.15) is 11.3 Å². The predicted molar refractivity (Wildman–Crippen MR) is 115 cm³/mol. The zero-order valence-corrected chi connectivity index (χ0v) is 18.2.